The molecule has 1 aromatic heterocycles. The minimum Gasteiger partial charge on any atom is -0.360 e. The standard InChI is InChI=1S/C19H23N3O5S/c1-12-18(14(3)27-21-12)28(25,26)22-9-7-15(8-10-22)19(24)20-17-6-4-5-16(11-17)13(2)23/h4-6,11,15H,7-10H2,1-3H3,(H,20,24). The number of carbonyl (C=O) groups excluding carboxylic acids is 2. The van der Waals surface area contributed by atoms with Gasteiger partial charge in [0, 0.05) is 30.3 Å². The third-order valence-electron chi connectivity index (χ3n) is 4.93. The lowest BCUT2D eigenvalue weighted by Gasteiger charge is -2.30. The predicted molar refractivity (Wildman–Crippen MR) is 103 cm³/mol. The van der Waals surface area contributed by atoms with Crippen LogP contribution in [-0.4, -0.2) is 42.7 Å². The Balaban J connectivity index is 1.64. The molecule has 0 unspecified atom stereocenters. The fourth-order valence-electron chi connectivity index (χ4n) is 3.39. The van der Waals surface area contributed by atoms with Gasteiger partial charge in [0.05, 0.1) is 0 Å². The zero-order chi connectivity index (χ0) is 20.5. The molecule has 0 bridgehead atoms. The smallest absolute Gasteiger partial charge is 0.248 e. The van der Waals surface area contributed by atoms with Gasteiger partial charge in [0.15, 0.2) is 11.5 Å². The van der Waals surface area contributed by atoms with Crippen LogP contribution in [0.1, 0.15) is 41.6 Å². The van der Waals surface area contributed by atoms with Crippen LogP contribution in [0.5, 0.6) is 0 Å². The Labute approximate surface area is 163 Å². The largest absolute Gasteiger partial charge is 0.360 e. The molecule has 1 aliphatic rings. The molecule has 0 saturated carbocycles. The second-order valence-electron chi connectivity index (χ2n) is 6.96. The Kier molecular flexibility index (Phi) is 5.66. The molecule has 8 nitrogen and oxygen atoms in total. The van der Waals surface area contributed by atoms with E-state index in [1.807, 2.05) is 0 Å². The molecule has 1 aromatic carbocycles. The monoisotopic (exact) mass is 405 g/mol. The van der Waals surface area contributed by atoms with E-state index in [1.54, 1.807) is 38.1 Å². The maximum absolute atomic E-state index is 12.9. The molecule has 150 valence electrons. The summed E-state index contributed by atoms with van der Waals surface area (Å²) in [4.78, 5) is 24.1. The molecule has 1 aliphatic heterocycles. The van der Waals surface area contributed by atoms with Gasteiger partial charge >= 0.3 is 0 Å². The quantitative estimate of drug-likeness (QED) is 0.766. The van der Waals surface area contributed by atoms with E-state index in [9.17, 15) is 18.0 Å². The number of Topliss-reactive ketones (excluding diaryl/α,β-unsaturated/α-hetero) is 1. The molecular formula is C19H23N3O5S. The van der Waals surface area contributed by atoms with Crippen LogP contribution in [0.25, 0.3) is 0 Å². The maximum Gasteiger partial charge on any atom is 0.248 e. The van der Waals surface area contributed by atoms with E-state index < -0.39 is 10.0 Å². The van der Waals surface area contributed by atoms with Gasteiger partial charge in [0.2, 0.25) is 15.9 Å². The van der Waals surface area contributed by atoms with E-state index in [1.165, 1.54) is 11.2 Å². The van der Waals surface area contributed by atoms with E-state index in [0.717, 1.165) is 0 Å². The Morgan fingerprint density at radius 3 is 2.46 bits per heavy atom. The molecule has 2 heterocycles. The lowest BCUT2D eigenvalue weighted by Crippen LogP contribution is -2.41. The van der Waals surface area contributed by atoms with Crippen LogP contribution in [0.3, 0.4) is 0 Å². The summed E-state index contributed by atoms with van der Waals surface area (Å²) < 4.78 is 32.1. The number of nitrogens with zero attached hydrogens (tertiary/aromatic N) is 2. The minimum atomic E-state index is -3.70. The first kappa shape index (κ1) is 20.2. The van der Waals surface area contributed by atoms with Crippen molar-refractivity contribution in [3.05, 3.63) is 41.3 Å². The number of benzene rings is 1. The summed E-state index contributed by atoms with van der Waals surface area (Å²) in [6, 6.07) is 6.76. The van der Waals surface area contributed by atoms with E-state index in [2.05, 4.69) is 10.5 Å². The number of rotatable bonds is 5. The number of piperidine rings is 1. The van der Waals surface area contributed by atoms with E-state index >= 15 is 0 Å². The summed E-state index contributed by atoms with van der Waals surface area (Å²) in [5.74, 6) is -0.274. The van der Waals surface area contributed by atoms with Crippen LogP contribution in [0.2, 0.25) is 0 Å². The van der Waals surface area contributed by atoms with Gasteiger partial charge in [0.25, 0.3) is 0 Å². The highest BCUT2D eigenvalue weighted by atomic mass is 32.2. The van der Waals surface area contributed by atoms with Crippen molar-refractivity contribution in [3.63, 3.8) is 0 Å². The van der Waals surface area contributed by atoms with Gasteiger partial charge in [-0.3, -0.25) is 9.59 Å². The number of aryl methyl sites for hydroxylation is 2. The molecule has 1 saturated heterocycles. The topological polar surface area (TPSA) is 110 Å². The molecule has 9 heteroatoms. The molecular weight excluding hydrogens is 382 g/mol. The second kappa shape index (κ2) is 7.84. The molecule has 1 amide bonds. The SMILES string of the molecule is CC(=O)c1cccc(NC(=O)C2CCN(S(=O)(=O)c3c(C)noc3C)CC2)c1. The molecule has 1 fully saturated rings. The molecule has 3 rings (SSSR count). The Hall–Kier alpha value is -2.52. The van der Waals surface area contributed by atoms with Crippen molar-refractivity contribution in [2.75, 3.05) is 18.4 Å². The second-order valence-corrected chi connectivity index (χ2v) is 8.83. The van der Waals surface area contributed by atoms with Crippen molar-refractivity contribution < 1.29 is 22.5 Å². The zero-order valence-corrected chi connectivity index (χ0v) is 16.9. The third kappa shape index (κ3) is 4.00. The molecule has 0 aliphatic carbocycles. The normalized spacial score (nSPS) is 16.1. The van der Waals surface area contributed by atoms with Crippen molar-refractivity contribution >= 4 is 27.4 Å². The molecule has 0 radical (unpaired) electrons. The lowest BCUT2D eigenvalue weighted by atomic mass is 9.97. The van der Waals surface area contributed by atoms with Crippen molar-refractivity contribution in [1.29, 1.82) is 0 Å². The first-order chi connectivity index (χ1) is 13.2. The molecule has 28 heavy (non-hydrogen) atoms. The first-order valence-electron chi connectivity index (χ1n) is 9.05. The van der Waals surface area contributed by atoms with Crippen molar-refractivity contribution in [2.24, 2.45) is 5.92 Å². The number of ketones is 1. The number of carbonyl (C=O) groups is 2. The lowest BCUT2D eigenvalue weighted by molar-refractivity contribution is -0.120. The van der Waals surface area contributed by atoms with E-state index in [0.29, 0.717) is 29.8 Å². The zero-order valence-electron chi connectivity index (χ0n) is 16.1. The van der Waals surface area contributed by atoms with Crippen LogP contribution < -0.4 is 5.32 Å². The third-order valence-corrected chi connectivity index (χ3v) is 7.07. The summed E-state index contributed by atoms with van der Waals surface area (Å²) in [6.45, 7) is 5.13. The highest BCUT2D eigenvalue weighted by Crippen LogP contribution is 2.28. The number of nitrogens with one attached hydrogen (secondary N) is 1. The van der Waals surface area contributed by atoms with Gasteiger partial charge in [-0.1, -0.05) is 17.3 Å². The molecule has 0 atom stereocenters. The van der Waals surface area contributed by atoms with Gasteiger partial charge in [-0.15, -0.1) is 0 Å². The highest BCUT2D eigenvalue weighted by molar-refractivity contribution is 7.89. The number of hydrogen-bond acceptors (Lipinski definition) is 6. The van der Waals surface area contributed by atoms with Gasteiger partial charge in [-0.05, 0) is 45.7 Å². The average Bonchev–Trinajstić information content (AvgIpc) is 3.01. The van der Waals surface area contributed by atoms with E-state index in [4.69, 9.17) is 4.52 Å². The van der Waals surface area contributed by atoms with Crippen molar-refractivity contribution in [2.45, 2.75) is 38.5 Å². The summed E-state index contributed by atoms with van der Waals surface area (Å²) in [6.07, 6.45) is 0.835. The van der Waals surface area contributed by atoms with Gasteiger partial charge in [-0.2, -0.15) is 4.31 Å². The Morgan fingerprint density at radius 2 is 1.89 bits per heavy atom. The number of hydrogen-bond donors (Lipinski definition) is 1. The van der Waals surface area contributed by atoms with Crippen LogP contribution in [0, 0.1) is 19.8 Å². The molecule has 0 spiro atoms. The van der Waals surface area contributed by atoms with Crippen LogP contribution >= 0.6 is 0 Å². The van der Waals surface area contributed by atoms with Gasteiger partial charge in [-0.25, -0.2) is 8.42 Å². The molecule has 1 N–H and O–H groups in total. The van der Waals surface area contributed by atoms with Crippen molar-refractivity contribution in [3.8, 4) is 0 Å². The first-order valence-corrected chi connectivity index (χ1v) is 10.5. The summed E-state index contributed by atoms with van der Waals surface area (Å²) in [7, 11) is -3.70. The molecule has 2 aromatic rings. The number of aromatic nitrogens is 1. The maximum atomic E-state index is 12.9. The minimum absolute atomic E-state index is 0.0751. The summed E-state index contributed by atoms with van der Waals surface area (Å²) in [5, 5.41) is 6.54. The van der Waals surface area contributed by atoms with Crippen LogP contribution in [0.15, 0.2) is 33.7 Å². The van der Waals surface area contributed by atoms with Crippen LogP contribution in [0.4, 0.5) is 5.69 Å². The average molecular weight is 405 g/mol. The summed E-state index contributed by atoms with van der Waals surface area (Å²) >= 11 is 0. The number of anilines is 1. The summed E-state index contributed by atoms with van der Waals surface area (Å²) in [5.41, 5.74) is 1.42. The predicted octanol–water partition coefficient (Wildman–Crippen LogP) is 2.53. The Bertz CT molecular complexity index is 985. The highest BCUT2D eigenvalue weighted by Gasteiger charge is 2.35. The Morgan fingerprint density at radius 1 is 1.21 bits per heavy atom. The van der Waals surface area contributed by atoms with Gasteiger partial charge in [0.1, 0.15) is 10.6 Å². The fourth-order valence-corrected chi connectivity index (χ4v) is 5.15. The fraction of sp³-hybridized carbons (Fsp3) is 0.421. The van der Waals surface area contributed by atoms with E-state index in [-0.39, 0.29) is 41.4 Å². The number of amides is 1. The van der Waals surface area contributed by atoms with Crippen molar-refractivity contribution in [1.82, 2.24) is 9.46 Å². The van der Waals surface area contributed by atoms with Gasteiger partial charge < -0.3 is 9.84 Å². The number of sulfonamides is 1. The van der Waals surface area contributed by atoms with Crippen LogP contribution in [-0.2, 0) is 14.8 Å².